The average molecular weight is 458 g/mol. The lowest BCUT2D eigenvalue weighted by molar-refractivity contribution is -0.384. The Morgan fingerprint density at radius 3 is 2.59 bits per heavy atom. The van der Waals surface area contributed by atoms with Crippen LogP contribution in [-0.2, 0) is 6.54 Å². The van der Waals surface area contributed by atoms with E-state index in [2.05, 4.69) is 31.6 Å². The molecule has 0 aliphatic carbocycles. The summed E-state index contributed by atoms with van der Waals surface area (Å²) in [5.41, 5.74) is 4.25. The van der Waals surface area contributed by atoms with Gasteiger partial charge in [0.15, 0.2) is 5.69 Å². The Hall–Kier alpha value is -3.53. The Morgan fingerprint density at radius 1 is 1.28 bits per heavy atom. The fourth-order valence-corrected chi connectivity index (χ4v) is 2.95. The van der Waals surface area contributed by atoms with Gasteiger partial charge in [-0.2, -0.15) is 10.2 Å². The van der Waals surface area contributed by atoms with Gasteiger partial charge < -0.3 is 4.74 Å². The third kappa shape index (κ3) is 5.26. The number of amides is 1. The van der Waals surface area contributed by atoms with Gasteiger partial charge in [0.1, 0.15) is 5.75 Å². The number of hydrazone groups is 1. The molecule has 0 bridgehead atoms. The molecule has 1 heterocycles. The number of nitrogens with one attached hydrogen (secondary N) is 1. The quantitative estimate of drug-likeness (QED) is 0.332. The number of nitrogens with zero attached hydrogens (tertiary/aromatic N) is 4. The lowest BCUT2D eigenvalue weighted by Crippen LogP contribution is -2.19. The van der Waals surface area contributed by atoms with Crippen LogP contribution >= 0.6 is 15.9 Å². The predicted octanol–water partition coefficient (Wildman–Crippen LogP) is 3.37. The number of methoxy groups -OCH3 is 1. The van der Waals surface area contributed by atoms with E-state index in [1.165, 1.54) is 18.3 Å². The summed E-state index contributed by atoms with van der Waals surface area (Å²) < 4.78 is 7.16. The van der Waals surface area contributed by atoms with Crippen molar-refractivity contribution in [3.8, 4) is 5.75 Å². The van der Waals surface area contributed by atoms with Crippen LogP contribution in [-0.4, -0.2) is 33.9 Å². The first-order valence-corrected chi connectivity index (χ1v) is 9.19. The number of halogens is 1. The monoisotopic (exact) mass is 457 g/mol. The minimum Gasteiger partial charge on any atom is -0.497 e. The minimum absolute atomic E-state index is 0.0187. The molecule has 3 rings (SSSR count). The zero-order valence-corrected chi connectivity index (χ0v) is 16.9. The van der Waals surface area contributed by atoms with Crippen molar-refractivity contribution in [2.24, 2.45) is 5.10 Å². The number of nitro groups is 1. The van der Waals surface area contributed by atoms with E-state index in [1.807, 2.05) is 12.1 Å². The van der Waals surface area contributed by atoms with Crippen LogP contribution in [0, 0.1) is 10.1 Å². The summed E-state index contributed by atoms with van der Waals surface area (Å²) in [7, 11) is 1.59. The van der Waals surface area contributed by atoms with E-state index < -0.39 is 10.8 Å². The molecule has 3 aromatic rings. The van der Waals surface area contributed by atoms with Crippen molar-refractivity contribution in [1.82, 2.24) is 15.2 Å². The van der Waals surface area contributed by atoms with Crippen molar-refractivity contribution in [3.63, 3.8) is 0 Å². The molecule has 1 N–H and O–H groups in total. The normalized spacial score (nSPS) is 10.8. The molecule has 1 amide bonds. The molecule has 0 radical (unpaired) electrons. The Balaban J connectivity index is 1.63. The standard InChI is InChI=1S/C19H16BrN5O4/c1-29-16-8-4-13(5-9-16)10-21-22-19(26)18-17(20)12-24(23-18)11-14-2-6-15(7-3-14)25(27)28/h2-10,12H,11H2,1H3,(H,22,26)/b21-10-. The molecule has 29 heavy (non-hydrogen) atoms. The van der Waals surface area contributed by atoms with Crippen molar-refractivity contribution >= 4 is 33.7 Å². The Kier molecular flexibility index (Phi) is 6.35. The van der Waals surface area contributed by atoms with Gasteiger partial charge in [-0.05, 0) is 51.3 Å². The van der Waals surface area contributed by atoms with Gasteiger partial charge in [-0.3, -0.25) is 19.6 Å². The van der Waals surface area contributed by atoms with Crippen molar-refractivity contribution in [2.75, 3.05) is 7.11 Å². The third-order valence-electron chi connectivity index (χ3n) is 3.92. The highest BCUT2D eigenvalue weighted by molar-refractivity contribution is 9.10. The molecule has 0 aliphatic rings. The van der Waals surface area contributed by atoms with Crippen molar-refractivity contribution in [2.45, 2.75) is 6.54 Å². The predicted molar refractivity (Wildman–Crippen MR) is 110 cm³/mol. The largest absolute Gasteiger partial charge is 0.497 e. The number of ether oxygens (including phenoxy) is 1. The van der Waals surface area contributed by atoms with Gasteiger partial charge in [0, 0.05) is 18.3 Å². The molecule has 0 unspecified atom stereocenters. The topological polar surface area (TPSA) is 112 Å². The zero-order chi connectivity index (χ0) is 20.8. The Bertz CT molecular complexity index is 1050. The van der Waals surface area contributed by atoms with E-state index >= 15 is 0 Å². The van der Waals surface area contributed by atoms with Gasteiger partial charge in [0.2, 0.25) is 0 Å². The number of rotatable bonds is 7. The number of carbonyl (C=O) groups is 1. The van der Waals surface area contributed by atoms with Gasteiger partial charge >= 0.3 is 0 Å². The molecule has 0 aliphatic heterocycles. The van der Waals surface area contributed by atoms with Gasteiger partial charge in [-0.1, -0.05) is 12.1 Å². The van der Waals surface area contributed by atoms with E-state index in [0.717, 1.165) is 16.9 Å². The highest BCUT2D eigenvalue weighted by Gasteiger charge is 2.15. The summed E-state index contributed by atoms with van der Waals surface area (Å²) >= 11 is 3.32. The van der Waals surface area contributed by atoms with Gasteiger partial charge in [0.25, 0.3) is 11.6 Å². The van der Waals surface area contributed by atoms with E-state index in [0.29, 0.717) is 11.0 Å². The van der Waals surface area contributed by atoms with Crippen LogP contribution in [0.25, 0.3) is 0 Å². The maximum Gasteiger partial charge on any atom is 0.293 e. The zero-order valence-electron chi connectivity index (χ0n) is 15.3. The van der Waals surface area contributed by atoms with Crippen molar-refractivity contribution in [3.05, 3.63) is 86.1 Å². The molecule has 10 heteroatoms. The second kappa shape index (κ2) is 9.11. The third-order valence-corrected chi connectivity index (χ3v) is 4.50. The Morgan fingerprint density at radius 2 is 1.97 bits per heavy atom. The van der Waals surface area contributed by atoms with Crippen molar-refractivity contribution < 1.29 is 14.5 Å². The molecule has 2 aromatic carbocycles. The number of aromatic nitrogens is 2. The summed E-state index contributed by atoms with van der Waals surface area (Å²) in [5, 5.41) is 18.9. The highest BCUT2D eigenvalue weighted by Crippen LogP contribution is 2.17. The maximum atomic E-state index is 12.3. The van der Waals surface area contributed by atoms with Crippen LogP contribution in [0.1, 0.15) is 21.6 Å². The van der Waals surface area contributed by atoms with Crippen molar-refractivity contribution in [1.29, 1.82) is 0 Å². The minimum atomic E-state index is -0.468. The van der Waals surface area contributed by atoms with E-state index in [1.54, 1.807) is 42.3 Å². The van der Waals surface area contributed by atoms with E-state index in [9.17, 15) is 14.9 Å². The summed E-state index contributed by atoms with van der Waals surface area (Å²) in [6.07, 6.45) is 3.17. The number of non-ortho nitro benzene ring substituents is 1. The fourth-order valence-electron chi connectivity index (χ4n) is 2.45. The molecule has 148 valence electrons. The average Bonchev–Trinajstić information content (AvgIpc) is 3.09. The fraction of sp³-hybridized carbons (Fsp3) is 0.105. The highest BCUT2D eigenvalue weighted by atomic mass is 79.9. The first-order chi connectivity index (χ1) is 14.0. The molecular weight excluding hydrogens is 442 g/mol. The molecular formula is C19H16BrN5O4. The molecule has 0 fully saturated rings. The van der Waals surface area contributed by atoms with Crippen LogP contribution in [0.5, 0.6) is 5.75 Å². The summed E-state index contributed by atoms with van der Waals surface area (Å²) in [5.74, 6) is 0.262. The lowest BCUT2D eigenvalue weighted by Gasteiger charge is -2.01. The Labute approximate surface area is 174 Å². The second-order valence-electron chi connectivity index (χ2n) is 5.92. The first kappa shape index (κ1) is 20.2. The lowest BCUT2D eigenvalue weighted by atomic mass is 10.2. The molecule has 0 spiro atoms. The van der Waals surface area contributed by atoms with E-state index in [4.69, 9.17) is 4.74 Å². The number of hydrogen-bond acceptors (Lipinski definition) is 6. The van der Waals surface area contributed by atoms with E-state index in [-0.39, 0.29) is 11.4 Å². The summed E-state index contributed by atoms with van der Waals surface area (Å²) in [4.78, 5) is 22.6. The van der Waals surface area contributed by atoms with Crippen LogP contribution in [0.4, 0.5) is 5.69 Å². The summed E-state index contributed by atoms with van der Waals surface area (Å²) in [6, 6.07) is 13.3. The maximum absolute atomic E-state index is 12.3. The number of carbonyl (C=O) groups excluding carboxylic acids is 1. The SMILES string of the molecule is COc1ccc(/C=N\NC(=O)c2nn(Cc3ccc([N+](=O)[O-])cc3)cc2Br)cc1. The van der Waals surface area contributed by atoms with Crippen LogP contribution in [0.2, 0.25) is 0 Å². The molecule has 0 saturated carbocycles. The van der Waals surface area contributed by atoms with Gasteiger partial charge in [-0.25, -0.2) is 5.43 Å². The van der Waals surface area contributed by atoms with Gasteiger partial charge in [-0.15, -0.1) is 0 Å². The number of nitro benzene ring substituents is 1. The van der Waals surface area contributed by atoms with Crippen LogP contribution in [0.3, 0.4) is 0 Å². The molecule has 0 atom stereocenters. The summed E-state index contributed by atoms with van der Waals surface area (Å²) in [6.45, 7) is 0.360. The number of hydrogen-bond donors (Lipinski definition) is 1. The smallest absolute Gasteiger partial charge is 0.293 e. The van der Waals surface area contributed by atoms with Gasteiger partial charge in [0.05, 0.1) is 29.3 Å². The second-order valence-corrected chi connectivity index (χ2v) is 6.77. The molecule has 0 saturated heterocycles. The van der Waals surface area contributed by atoms with Crippen LogP contribution < -0.4 is 10.2 Å². The first-order valence-electron chi connectivity index (χ1n) is 8.40. The molecule has 9 nitrogen and oxygen atoms in total. The molecule has 1 aromatic heterocycles. The number of benzene rings is 2. The van der Waals surface area contributed by atoms with Crippen LogP contribution in [0.15, 0.2) is 64.3 Å².